The first-order chi connectivity index (χ1) is 9.49. The minimum absolute atomic E-state index is 0.0530. The third kappa shape index (κ3) is 2.24. The molecule has 3 amide bonds. The van der Waals surface area contributed by atoms with Crippen LogP contribution >= 0.6 is 0 Å². The van der Waals surface area contributed by atoms with Crippen molar-refractivity contribution in [1.29, 1.82) is 0 Å². The predicted octanol–water partition coefficient (Wildman–Crippen LogP) is 0.266. The van der Waals surface area contributed by atoms with Crippen molar-refractivity contribution in [3.05, 3.63) is 11.8 Å². The average Bonchev–Trinajstić information content (AvgIpc) is 2.44. The van der Waals surface area contributed by atoms with Crippen molar-refractivity contribution in [1.82, 2.24) is 9.80 Å². The van der Waals surface area contributed by atoms with E-state index in [0.717, 1.165) is 10.5 Å². The summed E-state index contributed by atoms with van der Waals surface area (Å²) in [5.74, 6) is -0.542. The van der Waals surface area contributed by atoms with Gasteiger partial charge in [-0.2, -0.15) is 0 Å². The van der Waals surface area contributed by atoms with Gasteiger partial charge < -0.3 is 5.11 Å². The molecule has 0 aromatic carbocycles. The second-order valence-electron chi connectivity index (χ2n) is 4.82. The molecule has 1 fully saturated rings. The summed E-state index contributed by atoms with van der Waals surface area (Å²) >= 11 is 0. The van der Waals surface area contributed by atoms with Crippen molar-refractivity contribution in [2.75, 3.05) is 27.2 Å². The quantitative estimate of drug-likeness (QED) is 0.752. The molecule has 1 saturated heterocycles. The molecule has 0 saturated carbocycles. The SMILES string of the molecule is CC1=CN=C2C(C(=O)N(C)C(=O)N2C)C1=NCCCO. The van der Waals surface area contributed by atoms with Gasteiger partial charge in [0.15, 0.2) is 0 Å². The number of aliphatic hydroxyl groups excluding tert-OH is 1. The van der Waals surface area contributed by atoms with Gasteiger partial charge in [0.05, 0.1) is 5.71 Å². The standard InChI is InChI=1S/C13H18N4O3/c1-8-7-15-11-9(10(8)14-5-4-6-18)12(19)17(3)13(20)16(11)2/h7,9,18H,4-6H2,1-3H3. The number of aliphatic hydroxyl groups is 1. The van der Waals surface area contributed by atoms with Crippen LogP contribution in [0.4, 0.5) is 4.79 Å². The fourth-order valence-corrected chi connectivity index (χ4v) is 2.26. The van der Waals surface area contributed by atoms with Crippen LogP contribution in [0.15, 0.2) is 21.8 Å². The predicted molar refractivity (Wildman–Crippen MR) is 74.6 cm³/mol. The second kappa shape index (κ2) is 5.54. The number of fused-ring (bicyclic) bond motifs is 1. The molecule has 7 nitrogen and oxygen atoms in total. The molecule has 0 aliphatic carbocycles. The Kier molecular flexibility index (Phi) is 3.99. The number of nitrogens with zero attached hydrogens (tertiary/aromatic N) is 4. The number of amides is 3. The zero-order valence-electron chi connectivity index (χ0n) is 11.8. The highest BCUT2D eigenvalue weighted by atomic mass is 16.3. The molecule has 108 valence electrons. The van der Waals surface area contributed by atoms with E-state index >= 15 is 0 Å². The Hall–Kier alpha value is -2.02. The lowest BCUT2D eigenvalue weighted by Crippen LogP contribution is -2.59. The third-order valence-corrected chi connectivity index (χ3v) is 3.42. The van der Waals surface area contributed by atoms with E-state index in [-0.39, 0.29) is 12.5 Å². The molecule has 0 bridgehead atoms. The lowest BCUT2D eigenvalue weighted by molar-refractivity contribution is -0.128. The molecule has 0 radical (unpaired) electrons. The van der Waals surface area contributed by atoms with Gasteiger partial charge in [0, 0.05) is 33.4 Å². The number of amidine groups is 1. The van der Waals surface area contributed by atoms with E-state index < -0.39 is 11.9 Å². The first-order valence-corrected chi connectivity index (χ1v) is 6.44. The maximum absolute atomic E-state index is 12.3. The number of hydrogen-bond acceptors (Lipinski definition) is 5. The number of imide groups is 1. The van der Waals surface area contributed by atoms with Crippen LogP contribution in [0.5, 0.6) is 0 Å². The highest BCUT2D eigenvalue weighted by molar-refractivity contribution is 6.33. The first kappa shape index (κ1) is 14.4. The smallest absolute Gasteiger partial charge is 0.331 e. The van der Waals surface area contributed by atoms with E-state index in [4.69, 9.17) is 5.11 Å². The summed E-state index contributed by atoms with van der Waals surface area (Å²) in [7, 11) is 3.05. The summed E-state index contributed by atoms with van der Waals surface area (Å²) in [4.78, 5) is 35.3. The van der Waals surface area contributed by atoms with Crippen molar-refractivity contribution in [3.63, 3.8) is 0 Å². The number of hydrogen-bond donors (Lipinski definition) is 1. The summed E-state index contributed by atoms with van der Waals surface area (Å²) in [6, 6.07) is -0.396. The Labute approximate surface area is 117 Å². The third-order valence-electron chi connectivity index (χ3n) is 3.42. The summed E-state index contributed by atoms with van der Waals surface area (Å²) < 4.78 is 0. The number of rotatable bonds is 3. The van der Waals surface area contributed by atoms with E-state index in [0.29, 0.717) is 24.5 Å². The van der Waals surface area contributed by atoms with Gasteiger partial charge in [0.25, 0.3) is 0 Å². The minimum Gasteiger partial charge on any atom is -0.396 e. The summed E-state index contributed by atoms with van der Waals surface area (Å²) in [6.07, 6.45) is 2.15. The Morgan fingerprint density at radius 3 is 2.70 bits per heavy atom. The van der Waals surface area contributed by atoms with Gasteiger partial charge in [-0.15, -0.1) is 0 Å². The van der Waals surface area contributed by atoms with Crippen LogP contribution in [-0.2, 0) is 4.79 Å². The van der Waals surface area contributed by atoms with Crippen molar-refractivity contribution < 1.29 is 14.7 Å². The minimum atomic E-state index is -0.633. The fraction of sp³-hybridized carbons (Fsp3) is 0.538. The fourth-order valence-electron chi connectivity index (χ4n) is 2.26. The normalized spacial score (nSPS) is 24.8. The second-order valence-corrected chi connectivity index (χ2v) is 4.82. The molecule has 20 heavy (non-hydrogen) atoms. The van der Waals surface area contributed by atoms with Crippen molar-refractivity contribution in [3.8, 4) is 0 Å². The number of carbonyl (C=O) groups excluding carboxylic acids is 2. The molecule has 2 heterocycles. The van der Waals surface area contributed by atoms with E-state index in [9.17, 15) is 9.59 Å². The molecule has 1 N–H and O–H groups in total. The summed E-state index contributed by atoms with van der Waals surface area (Å²) in [6.45, 7) is 2.33. The number of allylic oxidation sites excluding steroid dienone is 1. The van der Waals surface area contributed by atoms with Gasteiger partial charge in [0.2, 0.25) is 5.91 Å². The zero-order chi connectivity index (χ0) is 14.9. The molecule has 2 rings (SSSR count). The molecule has 1 unspecified atom stereocenters. The zero-order valence-corrected chi connectivity index (χ0v) is 11.8. The van der Waals surface area contributed by atoms with E-state index in [2.05, 4.69) is 9.98 Å². The highest BCUT2D eigenvalue weighted by Crippen LogP contribution is 2.25. The van der Waals surface area contributed by atoms with Crippen LogP contribution in [0.25, 0.3) is 0 Å². The van der Waals surface area contributed by atoms with E-state index in [1.54, 1.807) is 13.2 Å². The monoisotopic (exact) mass is 278 g/mol. The van der Waals surface area contributed by atoms with Crippen molar-refractivity contribution in [2.24, 2.45) is 15.9 Å². The average molecular weight is 278 g/mol. The van der Waals surface area contributed by atoms with Crippen LogP contribution in [0.1, 0.15) is 13.3 Å². The van der Waals surface area contributed by atoms with Crippen LogP contribution in [-0.4, -0.2) is 65.6 Å². The van der Waals surface area contributed by atoms with Gasteiger partial charge in [-0.05, 0) is 18.9 Å². The Bertz CT molecular complexity index is 536. The molecule has 0 aromatic heterocycles. The van der Waals surface area contributed by atoms with Crippen LogP contribution < -0.4 is 0 Å². The maximum atomic E-state index is 12.3. The Morgan fingerprint density at radius 1 is 1.35 bits per heavy atom. The topological polar surface area (TPSA) is 85.6 Å². The summed E-state index contributed by atoms with van der Waals surface area (Å²) in [5.41, 5.74) is 1.43. The lowest BCUT2D eigenvalue weighted by atomic mass is 9.91. The van der Waals surface area contributed by atoms with E-state index in [1.165, 1.54) is 11.9 Å². The molecule has 7 heteroatoms. The largest absolute Gasteiger partial charge is 0.396 e. The van der Waals surface area contributed by atoms with Gasteiger partial charge >= 0.3 is 6.03 Å². The molecular weight excluding hydrogens is 260 g/mol. The highest BCUT2D eigenvalue weighted by Gasteiger charge is 2.44. The van der Waals surface area contributed by atoms with Gasteiger partial charge in [-0.3, -0.25) is 19.6 Å². The van der Waals surface area contributed by atoms with Crippen LogP contribution in [0, 0.1) is 5.92 Å². The lowest BCUT2D eigenvalue weighted by Gasteiger charge is -2.37. The molecule has 0 spiro atoms. The van der Waals surface area contributed by atoms with E-state index in [1.807, 2.05) is 6.92 Å². The number of carbonyl (C=O) groups is 2. The van der Waals surface area contributed by atoms with Crippen molar-refractivity contribution >= 4 is 23.5 Å². The van der Waals surface area contributed by atoms with Crippen LogP contribution in [0.3, 0.4) is 0 Å². The molecule has 2 aliphatic rings. The van der Waals surface area contributed by atoms with Gasteiger partial charge in [-0.25, -0.2) is 9.79 Å². The molecular formula is C13H18N4O3. The first-order valence-electron chi connectivity index (χ1n) is 6.44. The molecule has 1 atom stereocenters. The molecule has 2 aliphatic heterocycles. The van der Waals surface area contributed by atoms with Gasteiger partial charge in [0.1, 0.15) is 11.8 Å². The Balaban J connectivity index is 2.40. The maximum Gasteiger partial charge on any atom is 0.331 e. The summed E-state index contributed by atoms with van der Waals surface area (Å²) in [5, 5.41) is 8.83. The van der Waals surface area contributed by atoms with Crippen molar-refractivity contribution in [2.45, 2.75) is 13.3 Å². The molecule has 0 aromatic rings. The number of aliphatic imine (C=N–C) groups is 2. The van der Waals surface area contributed by atoms with Gasteiger partial charge in [-0.1, -0.05) is 0 Å². The van der Waals surface area contributed by atoms with Crippen LogP contribution in [0.2, 0.25) is 0 Å². The Morgan fingerprint density at radius 2 is 2.05 bits per heavy atom. The number of urea groups is 1.